The number of carbonyl (C=O) groups excluding carboxylic acids is 2. The molecule has 0 bridgehead atoms. The number of rotatable bonds is 12. The molecule has 9 nitrogen and oxygen atoms in total. The summed E-state index contributed by atoms with van der Waals surface area (Å²) in [6.07, 6.45) is 5.83. The highest BCUT2D eigenvalue weighted by molar-refractivity contribution is 8.26. The summed E-state index contributed by atoms with van der Waals surface area (Å²) in [6, 6.07) is 7.90. The predicted molar refractivity (Wildman–Crippen MR) is 162 cm³/mol. The molecule has 2 aliphatic heterocycles. The average Bonchev–Trinajstić information content (AvgIpc) is 3.70. The summed E-state index contributed by atoms with van der Waals surface area (Å²) >= 11 is 6.82. The molecule has 2 aliphatic rings. The minimum Gasteiger partial charge on any atom is -0.497 e. The predicted octanol–water partition coefficient (Wildman–Crippen LogP) is 5.83. The largest absolute Gasteiger partial charge is 0.497 e. The molecule has 11 heteroatoms. The Morgan fingerprint density at radius 3 is 2.63 bits per heavy atom. The van der Waals surface area contributed by atoms with Crippen LogP contribution in [0.25, 0.3) is 17.4 Å². The molecule has 1 aromatic heterocycles. The molecule has 41 heavy (non-hydrogen) atoms. The van der Waals surface area contributed by atoms with Gasteiger partial charge in [-0.15, -0.1) is 0 Å². The van der Waals surface area contributed by atoms with Gasteiger partial charge in [0, 0.05) is 30.3 Å². The molecule has 2 aromatic rings. The SMILES string of the molecule is CCC(CC)CC(C)N1C(=O)/C(=C/c2ccc(-c3cc(OC)cc(OCC(=O)N4CCC[C@H]4C(=O)O)c3)o2)SC1=S. The number of hydrogen-bond donors (Lipinski definition) is 1. The Labute approximate surface area is 249 Å². The minimum absolute atomic E-state index is 0.0213. The normalized spacial score (nSPS) is 19.0. The van der Waals surface area contributed by atoms with Crippen molar-refractivity contribution >= 4 is 52.2 Å². The Balaban J connectivity index is 1.47. The second-order valence-corrected chi connectivity index (χ2v) is 12.0. The zero-order chi connectivity index (χ0) is 29.7. The van der Waals surface area contributed by atoms with Gasteiger partial charge in [0.2, 0.25) is 0 Å². The summed E-state index contributed by atoms with van der Waals surface area (Å²) < 4.78 is 17.8. The van der Waals surface area contributed by atoms with Crippen molar-refractivity contribution in [2.24, 2.45) is 5.92 Å². The molecule has 0 radical (unpaired) electrons. The Bertz CT molecular complexity index is 1330. The number of carboxylic acids is 1. The highest BCUT2D eigenvalue weighted by Gasteiger charge is 2.36. The number of furan rings is 1. The van der Waals surface area contributed by atoms with Crippen molar-refractivity contribution < 1.29 is 33.4 Å². The Hall–Kier alpha value is -3.31. The van der Waals surface area contributed by atoms with Gasteiger partial charge in [-0.25, -0.2) is 4.79 Å². The van der Waals surface area contributed by atoms with Gasteiger partial charge in [-0.3, -0.25) is 14.5 Å². The topological polar surface area (TPSA) is 110 Å². The number of nitrogens with zero attached hydrogens (tertiary/aromatic N) is 2. The first kappa shape index (κ1) is 30.6. The van der Waals surface area contributed by atoms with Crippen molar-refractivity contribution in [3.05, 3.63) is 41.0 Å². The van der Waals surface area contributed by atoms with Gasteiger partial charge in [-0.1, -0.05) is 50.7 Å². The number of carboxylic acid groups (broad SMARTS) is 1. The van der Waals surface area contributed by atoms with Crippen LogP contribution in [-0.4, -0.2) is 69.4 Å². The zero-order valence-corrected chi connectivity index (χ0v) is 25.4. The van der Waals surface area contributed by atoms with Crippen LogP contribution in [0.3, 0.4) is 0 Å². The average molecular weight is 601 g/mol. The number of thioether (sulfide) groups is 1. The number of carbonyl (C=O) groups is 3. The fourth-order valence-electron chi connectivity index (χ4n) is 5.25. The summed E-state index contributed by atoms with van der Waals surface area (Å²) in [5, 5.41) is 9.36. The third-order valence-corrected chi connectivity index (χ3v) is 8.94. The van der Waals surface area contributed by atoms with Gasteiger partial charge < -0.3 is 23.9 Å². The lowest BCUT2D eigenvalue weighted by molar-refractivity contribution is -0.148. The fraction of sp³-hybridized carbons (Fsp3) is 0.467. The van der Waals surface area contributed by atoms with Crippen molar-refractivity contribution in [2.45, 2.75) is 65.0 Å². The lowest BCUT2D eigenvalue weighted by Gasteiger charge is -2.26. The number of methoxy groups -OCH3 is 1. The van der Waals surface area contributed by atoms with E-state index in [0.29, 0.717) is 63.1 Å². The Morgan fingerprint density at radius 2 is 1.95 bits per heavy atom. The van der Waals surface area contributed by atoms with Crippen molar-refractivity contribution in [3.63, 3.8) is 0 Å². The molecule has 4 rings (SSSR count). The van der Waals surface area contributed by atoms with Gasteiger partial charge in [0.1, 0.15) is 33.4 Å². The maximum Gasteiger partial charge on any atom is 0.326 e. The molecule has 2 saturated heterocycles. The van der Waals surface area contributed by atoms with Crippen LogP contribution >= 0.6 is 24.0 Å². The molecular formula is C30H36N2O7S2. The molecule has 0 saturated carbocycles. The summed E-state index contributed by atoms with van der Waals surface area (Å²) in [5.74, 6) is 0.947. The molecule has 1 unspecified atom stereocenters. The summed E-state index contributed by atoms with van der Waals surface area (Å²) in [7, 11) is 1.52. The molecule has 3 heterocycles. The summed E-state index contributed by atoms with van der Waals surface area (Å²) in [4.78, 5) is 40.9. The molecule has 2 atom stereocenters. The number of thiocarbonyl (C=S) groups is 1. The van der Waals surface area contributed by atoms with E-state index in [1.165, 1.54) is 23.8 Å². The maximum atomic E-state index is 13.2. The fourth-order valence-corrected chi connectivity index (χ4v) is 6.69. The third kappa shape index (κ3) is 7.13. The van der Waals surface area contributed by atoms with E-state index >= 15 is 0 Å². The van der Waals surface area contributed by atoms with Gasteiger partial charge >= 0.3 is 5.97 Å². The van der Waals surface area contributed by atoms with E-state index in [4.69, 9.17) is 26.1 Å². The number of hydrogen-bond acceptors (Lipinski definition) is 8. The first-order valence-corrected chi connectivity index (χ1v) is 15.1. The van der Waals surface area contributed by atoms with Crippen LogP contribution in [0.4, 0.5) is 0 Å². The number of benzene rings is 1. The van der Waals surface area contributed by atoms with Gasteiger partial charge in [0.05, 0.1) is 12.0 Å². The van der Waals surface area contributed by atoms with Crippen LogP contribution in [-0.2, 0) is 14.4 Å². The number of aliphatic carboxylic acids is 1. The number of likely N-dealkylation sites (tertiary alicyclic amines) is 1. The molecule has 220 valence electrons. The van der Waals surface area contributed by atoms with E-state index in [2.05, 4.69) is 13.8 Å². The van der Waals surface area contributed by atoms with Gasteiger partial charge in [0.15, 0.2) is 6.61 Å². The number of amides is 2. The van der Waals surface area contributed by atoms with Gasteiger partial charge in [0.25, 0.3) is 11.8 Å². The van der Waals surface area contributed by atoms with Crippen LogP contribution in [0.2, 0.25) is 0 Å². The molecule has 0 spiro atoms. The van der Waals surface area contributed by atoms with Crippen molar-refractivity contribution in [1.29, 1.82) is 0 Å². The lowest BCUT2D eigenvalue weighted by atomic mass is 9.95. The van der Waals surface area contributed by atoms with E-state index in [-0.39, 0.29) is 24.5 Å². The van der Waals surface area contributed by atoms with E-state index < -0.39 is 12.0 Å². The second-order valence-electron chi connectivity index (χ2n) is 10.3. The van der Waals surface area contributed by atoms with Crippen LogP contribution in [0, 0.1) is 5.92 Å². The van der Waals surface area contributed by atoms with Gasteiger partial charge in [-0.05, 0) is 56.4 Å². The highest BCUT2D eigenvalue weighted by Crippen LogP contribution is 2.37. The van der Waals surface area contributed by atoms with Crippen LogP contribution < -0.4 is 9.47 Å². The Kier molecular flexibility index (Phi) is 10.1. The minimum atomic E-state index is -1.01. The Morgan fingerprint density at radius 1 is 1.22 bits per heavy atom. The van der Waals surface area contributed by atoms with Crippen molar-refractivity contribution in [2.75, 3.05) is 20.3 Å². The number of ether oxygens (including phenoxy) is 2. The summed E-state index contributed by atoms with van der Waals surface area (Å²) in [5.41, 5.74) is 0.655. The molecule has 0 aliphatic carbocycles. The van der Waals surface area contributed by atoms with Gasteiger partial charge in [-0.2, -0.15) is 0 Å². The standard InChI is InChI=1S/C30H36N2O7S2/c1-5-19(6-2)12-18(3)32-28(34)26(41-30(32)40)16-21-9-10-25(39-21)20-13-22(37-4)15-23(14-20)38-17-27(33)31-11-7-8-24(31)29(35)36/h9-10,13-16,18-19,24H,5-8,11-12,17H2,1-4H3,(H,35,36)/b26-16-/t18?,24-/m0/s1. The van der Waals surface area contributed by atoms with Crippen LogP contribution in [0.5, 0.6) is 11.5 Å². The van der Waals surface area contributed by atoms with Crippen molar-refractivity contribution in [3.8, 4) is 22.8 Å². The zero-order valence-electron chi connectivity index (χ0n) is 23.8. The van der Waals surface area contributed by atoms with E-state index in [0.717, 1.165) is 19.3 Å². The third-order valence-electron chi connectivity index (χ3n) is 7.61. The van der Waals surface area contributed by atoms with Crippen LogP contribution in [0.1, 0.15) is 58.6 Å². The second kappa shape index (κ2) is 13.6. The molecule has 1 aromatic carbocycles. The van der Waals surface area contributed by atoms with E-state index in [9.17, 15) is 19.5 Å². The van der Waals surface area contributed by atoms with E-state index in [1.54, 1.807) is 41.3 Å². The maximum absolute atomic E-state index is 13.2. The molecular weight excluding hydrogens is 564 g/mol. The summed E-state index contributed by atoms with van der Waals surface area (Å²) in [6.45, 7) is 6.48. The lowest BCUT2D eigenvalue weighted by Crippen LogP contribution is -2.42. The van der Waals surface area contributed by atoms with Crippen LogP contribution in [0.15, 0.2) is 39.7 Å². The monoisotopic (exact) mass is 600 g/mol. The molecule has 1 N–H and O–H groups in total. The molecule has 2 fully saturated rings. The quantitative estimate of drug-likeness (QED) is 0.238. The van der Waals surface area contributed by atoms with E-state index in [1.807, 2.05) is 6.92 Å². The smallest absolute Gasteiger partial charge is 0.326 e. The highest BCUT2D eigenvalue weighted by atomic mass is 32.2. The first-order valence-electron chi connectivity index (χ1n) is 13.9. The molecule has 2 amide bonds. The first-order chi connectivity index (χ1) is 19.6. The van der Waals surface area contributed by atoms with Crippen molar-refractivity contribution in [1.82, 2.24) is 9.80 Å².